The van der Waals surface area contributed by atoms with Gasteiger partial charge in [-0.25, -0.2) is 0 Å². The molecule has 0 aliphatic carbocycles. The molecule has 3 heteroatoms. The molecule has 0 bridgehead atoms. The fraction of sp³-hybridized carbons (Fsp3) is 0.375. The van der Waals surface area contributed by atoms with Gasteiger partial charge in [-0.3, -0.25) is 0 Å². The number of rotatable bonds is 2. The molecule has 0 fully saturated rings. The summed E-state index contributed by atoms with van der Waals surface area (Å²) in [5.41, 5.74) is 5.13. The molecule has 100 valence electrons. The van der Waals surface area contributed by atoms with E-state index in [0.717, 1.165) is 25.4 Å². The van der Waals surface area contributed by atoms with Crippen LogP contribution in [-0.2, 0) is 6.54 Å². The summed E-state index contributed by atoms with van der Waals surface area (Å²) in [6.45, 7) is 4.99. The van der Waals surface area contributed by atoms with Crippen LogP contribution in [0.25, 0.3) is 0 Å². The first kappa shape index (κ1) is 12.3. The number of hydrogen-bond donors (Lipinski definition) is 0. The Labute approximate surface area is 114 Å². The van der Waals surface area contributed by atoms with Gasteiger partial charge in [0.25, 0.3) is 0 Å². The lowest BCUT2D eigenvalue weighted by Gasteiger charge is -2.20. The van der Waals surface area contributed by atoms with E-state index in [1.54, 1.807) is 0 Å². The molecule has 0 spiro atoms. The van der Waals surface area contributed by atoms with Crippen molar-refractivity contribution in [3.8, 4) is 5.75 Å². The number of fused-ring (bicyclic) bond motifs is 2. The van der Waals surface area contributed by atoms with Crippen LogP contribution in [0, 0.1) is 6.92 Å². The normalized spacial score (nSPS) is 17.4. The zero-order valence-corrected chi connectivity index (χ0v) is 11.8. The van der Waals surface area contributed by atoms with Crippen LogP contribution in [0.15, 0.2) is 41.8 Å². The third-order valence-electron chi connectivity index (χ3n) is 3.59. The first-order valence-corrected chi connectivity index (χ1v) is 6.69. The second-order valence-corrected chi connectivity index (χ2v) is 5.58. The van der Waals surface area contributed by atoms with E-state index in [4.69, 9.17) is 4.74 Å². The third-order valence-corrected chi connectivity index (χ3v) is 3.59. The molecule has 19 heavy (non-hydrogen) atoms. The van der Waals surface area contributed by atoms with Gasteiger partial charge in [0, 0.05) is 25.2 Å². The Balaban J connectivity index is 1.87. The maximum atomic E-state index is 5.87. The van der Waals surface area contributed by atoms with Crippen molar-refractivity contribution in [2.24, 2.45) is 0 Å². The highest BCUT2D eigenvalue weighted by Crippen LogP contribution is 2.32. The molecule has 2 heterocycles. The summed E-state index contributed by atoms with van der Waals surface area (Å²) < 4.78 is 5.87. The minimum atomic E-state index is 0.927. The fourth-order valence-electron chi connectivity index (χ4n) is 2.68. The number of benzene rings is 1. The molecule has 0 aromatic heterocycles. The van der Waals surface area contributed by atoms with Gasteiger partial charge in [0.05, 0.1) is 5.70 Å². The second-order valence-electron chi connectivity index (χ2n) is 5.58. The average molecular weight is 256 g/mol. The van der Waals surface area contributed by atoms with Crippen LogP contribution in [0.2, 0.25) is 0 Å². The van der Waals surface area contributed by atoms with Gasteiger partial charge < -0.3 is 14.5 Å². The molecule has 2 aliphatic heterocycles. The summed E-state index contributed by atoms with van der Waals surface area (Å²) in [5, 5.41) is 0. The number of aryl methyl sites for hydroxylation is 1. The van der Waals surface area contributed by atoms with E-state index in [1.807, 2.05) is 6.26 Å². The first-order chi connectivity index (χ1) is 9.13. The fourth-order valence-corrected chi connectivity index (χ4v) is 2.68. The maximum absolute atomic E-state index is 5.87. The lowest BCUT2D eigenvalue weighted by molar-refractivity contribution is 0.385. The van der Waals surface area contributed by atoms with E-state index in [0.29, 0.717) is 0 Å². The summed E-state index contributed by atoms with van der Waals surface area (Å²) in [6, 6.07) is 6.39. The molecule has 0 atom stereocenters. The summed E-state index contributed by atoms with van der Waals surface area (Å²) in [5.74, 6) is 0.983. The largest absolute Gasteiger partial charge is 0.462 e. The van der Waals surface area contributed by atoms with Gasteiger partial charge in [0.15, 0.2) is 0 Å². The molecule has 0 N–H and O–H groups in total. The summed E-state index contributed by atoms with van der Waals surface area (Å²) in [4.78, 5) is 4.57. The Bertz CT molecular complexity index is 558. The van der Waals surface area contributed by atoms with E-state index in [1.165, 1.54) is 22.4 Å². The van der Waals surface area contributed by atoms with Crippen LogP contribution in [0.4, 0.5) is 0 Å². The van der Waals surface area contributed by atoms with Gasteiger partial charge in [0.1, 0.15) is 12.0 Å². The van der Waals surface area contributed by atoms with Crippen LogP contribution >= 0.6 is 0 Å². The van der Waals surface area contributed by atoms with E-state index in [2.05, 4.69) is 55.1 Å². The number of ether oxygens (including phenoxy) is 1. The number of nitrogens with zero attached hydrogens (tertiary/aromatic N) is 2. The van der Waals surface area contributed by atoms with Crippen molar-refractivity contribution < 1.29 is 4.74 Å². The Hall–Kier alpha value is -1.74. The minimum Gasteiger partial charge on any atom is -0.462 e. The van der Waals surface area contributed by atoms with Gasteiger partial charge in [0.2, 0.25) is 0 Å². The Morgan fingerprint density at radius 2 is 2.16 bits per heavy atom. The summed E-state index contributed by atoms with van der Waals surface area (Å²) >= 11 is 0. The van der Waals surface area contributed by atoms with Gasteiger partial charge in [-0.15, -0.1) is 0 Å². The minimum absolute atomic E-state index is 0.927. The van der Waals surface area contributed by atoms with Crippen molar-refractivity contribution in [1.29, 1.82) is 0 Å². The van der Waals surface area contributed by atoms with E-state index < -0.39 is 0 Å². The Kier molecular flexibility index (Phi) is 3.07. The molecule has 3 nitrogen and oxygen atoms in total. The molecular weight excluding hydrogens is 236 g/mol. The third kappa shape index (κ3) is 2.38. The smallest absolute Gasteiger partial charge is 0.131 e. The monoisotopic (exact) mass is 256 g/mol. The van der Waals surface area contributed by atoms with Gasteiger partial charge >= 0.3 is 0 Å². The zero-order chi connectivity index (χ0) is 13.4. The Morgan fingerprint density at radius 3 is 2.95 bits per heavy atom. The predicted octanol–water partition coefficient (Wildman–Crippen LogP) is 2.53. The molecule has 0 amide bonds. The summed E-state index contributed by atoms with van der Waals surface area (Å²) in [6.07, 6.45) is 4.21. The SMILES string of the molecule is Cc1ccc2c(c1)CN1CC=C(CN(C)C)C1=CO2. The molecule has 0 saturated carbocycles. The van der Waals surface area contributed by atoms with Crippen molar-refractivity contribution in [3.05, 3.63) is 52.9 Å². The van der Waals surface area contributed by atoms with Crippen LogP contribution in [0.5, 0.6) is 5.75 Å². The van der Waals surface area contributed by atoms with E-state index in [-0.39, 0.29) is 0 Å². The highest BCUT2D eigenvalue weighted by atomic mass is 16.5. The van der Waals surface area contributed by atoms with Crippen molar-refractivity contribution in [3.63, 3.8) is 0 Å². The standard InChI is InChI=1S/C16H20N2O/c1-12-4-5-16-14(8-12)10-18-7-6-13(9-17(2)3)15(18)11-19-16/h4-6,8,11H,7,9-10H2,1-3H3. The molecule has 1 aromatic rings. The molecule has 0 saturated heterocycles. The van der Waals surface area contributed by atoms with Gasteiger partial charge in [-0.2, -0.15) is 0 Å². The lowest BCUT2D eigenvalue weighted by Crippen LogP contribution is -2.21. The molecule has 2 aliphatic rings. The van der Waals surface area contributed by atoms with E-state index in [9.17, 15) is 0 Å². The van der Waals surface area contributed by atoms with Gasteiger partial charge in [-0.05, 0) is 32.7 Å². The van der Waals surface area contributed by atoms with Crippen molar-refractivity contribution in [2.45, 2.75) is 13.5 Å². The van der Waals surface area contributed by atoms with Crippen LogP contribution < -0.4 is 4.74 Å². The molecule has 0 unspecified atom stereocenters. The summed E-state index contributed by atoms with van der Waals surface area (Å²) in [7, 11) is 4.19. The van der Waals surface area contributed by atoms with Crippen molar-refractivity contribution in [1.82, 2.24) is 9.80 Å². The first-order valence-electron chi connectivity index (χ1n) is 6.69. The van der Waals surface area contributed by atoms with E-state index >= 15 is 0 Å². The Morgan fingerprint density at radius 1 is 1.32 bits per heavy atom. The quantitative estimate of drug-likeness (QED) is 0.808. The van der Waals surface area contributed by atoms with Crippen LogP contribution in [-0.4, -0.2) is 37.0 Å². The molecule has 3 rings (SSSR count). The topological polar surface area (TPSA) is 15.7 Å². The lowest BCUT2D eigenvalue weighted by atomic mass is 10.1. The molecule has 0 radical (unpaired) electrons. The highest BCUT2D eigenvalue weighted by molar-refractivity contribution is 5.43. The second kappa shape index (κ2) is 4.74. The number of hydrogen-bond acceptors (Lipinski definition) is 3. The molecular formula is C16H20N2O. The van der Waals surface area contributed by atoms with Crippen molar-refractivity contribution in [2.75, 3.05) is 27.2 Å². The van der Waals surface area contributed by atoms with Crippen molar-refractivity contribution >= 4 is 0 Å². The van der Waals surface area contributed by atoms with Gasteiger partial charge in [-0.1, -0.05) is 23.8 Å². The van der Waals surface area contributed by atoms with Crippen LogP contribution in [0.3, 0.4) is 0 Å². The zero-order valence-electron chi connectivity index (χ0n) is 11.8. The maximum Gasteiger partial charge on any atom is 0.131 e. The highest BCUT2D eigenvalue weighted by Gasteiger charge is 2.24. The predicted molar refractivity (Wildman–Crippen MR) is 76.9 cm³/mol. The van der Waals surface area contributed by atoms with Crippen LogP contribution in [0.1, 0.15) is 11.1 Å². The molecule has 1 aromatic carbocycles. The number of likely N-dealkylation sites (N-methyl/N-ethyl adjacent to an activating group) is 1. The average Bonchev–Trinajstić information content (AvgIpc) is 2.61.